The number of fused-ring (bicyclic) bond motifs is 1. The van der Waals surface area contributed by atoms with Crippen LogP contribution < -0.4 is 10.1 Å². The Hall–Kier alpha value is -1.61. The first-order valence-corrected chi connectivity index (χ1v) is 9.25. The van der Waals surface area contributed by atoms with Gasteiger partial charge in [0.05, 0.1) is 18.5 Å². The Labute approximate surface area is 168 Å². The van der Waals surface area contributed by atoms with Crippen molar-refractivity contribution in [2.75, 3.05) is 26.1 Å². The number of benzene rings is 1. The Morgan fingerprint density at radius 1 is 1.23 bits per heavy atom. The number of rotatable bonds is 7. The zero-order valence-electron chi connectivity index (χ0n) is 14.1. The van der Waals surface area contributed by atoms with E-state index in [0.717, 1.165) is 18.7 Å². The Morgan fingerprint density at radius 2 is 2.04 bits per heavy atom. The van der Waals surface area contributed by atoms with Crippen LogP contribution in [0.5, 0.6) is 5.75 Å². The van der Waals surface area contributed by atoms with Crippen LogP contribution in [-0.2, 0) is 11.3 Å². The molecule has 0 unspecified atom stereocenters. The molecule has 0 fully saturated rings. The molecule has 1 N–H and O–H groups in total. The van der Waals surface area contributed by atoms with Crippen molar-refractivity contribution in [1.82, 2.24) is 19.5 Å². The highest BCUT2D eigenvalue weighted by molar-refractivity contribution is 9.10. The van der Waals surface area contributed by atoms with Crippen molar-refractivity contribution in [3.05, 3.63) is 33.2 Å². The lowest BCUT2D eigenvalue weighted by Crippen LogP contribution is -2.03. The lowest BCUT2D eigenvalue weighted by atomic mass is 10.3. The first kappa shape index (κ1) is 19.2. The van der Waals surface area contributed by atoms with Crippen molar-refractivity contribution in [1.29, 1.82) is 0 Å². The molecule has 0 amide bonds. The van der Waals surface area contributed by atoms with Gasteiger partial charge in [-0.05, 0) is 40.0 Å². The number of anilines is 2. The van der Waals surface area contributed by atoms with Crippen LogP contribution in [-0.4, -0.2) is 40.3 Å². The summed E-state index contributed by atoms with van der Waals surface area (Å²) < 4.78 is 13.0. The lowest BCUT2D eigenvalue weighted by molar-refractivity contribution is 0.190. The molecule has 7 nitrogen and oxygen atoms in total. The van der Waals surface area contributed by atoms with Crippen molar-refractivity contribution in [2.24, 2.45) is 0 Å². The van der Waals surface area contributed by atoms with Crippen LogP contribution >= 0.6 is 39.1 Å². The van der Waals surface area contributed by atoms with Gasteiger partial charge in [-0.3, -0.25) is 0 Å². The molecule has 26 heavy (non-hydrogen) atoms. The van der Waals surface area contributed by atoms with Crippen molar-refractivity contribution < 1.29 is 9.47 Å². The number of aryl methyl sites for hydroxylation is 1. The van der Waals surface area contributed by atoms with E-state index in [1.165, 1.54) is 0 Å². The Kier molecular flexibility index (Phi) is 6.18. The standard InChI is InChI=1S/C16H16BrCl2N5O2/c1-25-5-3-4-24-8-20-13-14(22-16(19)23-15(13)24)21-9-6-10(17)12(18)11(7-9)26-2/h6-8H,3-5H2,1-2H3,(H,21,22,23). The summed E-state index contributed by atoms with van der Waals surface area (Å²) in [6.45, 7) is 1.37. The SMILES string of the molecule is COCCCn1cnc2c(Nc3cc(Br)c(Cl)c(OC)c3)nc(Cl)nc21. The molecule has 0 aliphatic rings. The second-order valence-corrected chi connectivity index (χ2v) is 6.97. The molecule has 0 spiro atoms. The minimum absolute atomic E-state index is 0.133. The fraction of sp³-hybridized carbons (Fsp3) is 0.312. The molecule has 0 saturated carbocycles. The van der Waals surface area contributed by atoms with Crippen LogP contribution in [0.2, 0.25) is 10.3 Å². The third kappa shape index (κ3) is 4.03. The normalized spacial score (nSPS) is 11.1. The first-order valence-electron chi connectivity index (χ1n) is 7.71. The van der Waals surface area contributed by atoms with Gasteiger partial charge in [-0.2, -0.15) is 9.97 Å². The second-order valence-electron chi connectivity index (χ2n) is 5.40. The summed E-state index contributed by atoms with van der Waals surface area (Å²) in [7, 11) is 3.23. The summed E-state index contributed by atoms with van der Waals surface area (Å²) in [5, 5.41) is 3.83. The van der Waals surface area contributed by atoms with Crippen LogP contribution in [0, 0.1) is 0 Å². The van der Waals surface area contributed by atoms with E-state index in [-0.39, 0.29) is 5.28 Å². The first-order chi connectivity index (χ1) is 12.5. The molecule has 2 heterocycles. The van der Waals surface area contributed by atoms with Gasteiger partial charge in [-0.25, -0.2) is 4.98 Å². The van der Waals surface area contributed by atoms with Gasteiger partial charge in [0.1, 0.15) is 5.75 Å². The molecular weight excluding hydrogens is 445 g/mol. The van der Waals surface area contributed by atoms with Gasteiger partial charge in [0.2, 0.25) is 5.28 Å². The lowest BCUT2D eigenvalue weighted by Gasteiger charge is -2.11. The molecular formula is C16H16BrCl2N5O2. The quantitative estimate of drug-likeness (QED) is 0.407. The zero-order chi connectivity index (χ0) is 18.7. The van der Waals surface area contributed by atoms with E-state index in [2.05, 4.69) is 36.2 Å². The number of hydrogen-bond acceptors (Lipinski definition) is 6. The third-order valence-corrected chi connectivity index (χ3v) is 5.07. The maximum atomic E-state index is 6.18. The molecule has 0 aliphatic carbocycles. The van der Waals surface area contributed by atoms with Crippen LogP contribution in [0.1, 0.15) is 6.42 Å². The van der Waals surface area contributed by atoms with E-state index in [9.17, 15) is 0 Å². The van der Waals surface area contributed by atoms with Crippen molar-refractivity contribution in [3.63, 3.8) is 0 Å². The second kappa shape index (κ2) is 8.39. The Balaban J connectivity index is 1.97. The van der Waals surface area contributed by atoms with Crippen molar-refractivity contribution >= 4 is 61.8 Å². The van der Waals surface area contributed by atoms with E-state index in [0.29, 0.717) is 38.8 Å². The molecule has 10 heteroatoms. The molecule has 3 rings (SSSR count). The van der Waals surface area contributed by atoms with Crippen LogP contribution in [0.3, 0.4) is 0 Å². The molecule has 138 valence electrons. The van der Waals surface area contributed by atoms with Gasteiger partial charge in [0, 0.05) is 36.5 Å². The smallest absolute Gasteiger partial charge is 0.226 e. The Morgan fingerprint density at radius 3 is 2.77 bits per heavy atom. The predicted octanol–water partition coefficient (Wildman–Crippen LogP) is 4.68. The predicted molar refractivity (Wildman–Crippen MR) is 106 cm³/mol. The number of imidazole rings is 1. The van der Waals surface area contributed by atoms with Crippen molar-refractivity contribution in [3.8, 4) is 5.75 Å². The fourth-order valence-electron chi connectivity index (χ4n) is 2.47. The molecule has 1 aromatic carbocycles. The fourth-order valence-corrected chi connectivity index (χ4v) is 3.26. The van der Waals surface area contributed by atoms with Gasteiger partial charge in [-0.15, -0.1) is 0 Å². The summed E-state index contributed by atoms with van der Waals surface area (Å²) in [6, 6.07) is 3.59. The highest BCUT2D eigenvalue weighted by Gasteiger charge is 2.14. The van der Waals surface area contributed by atoms with Gasteiger partial charge < -0.3 is 19.4 Å². The maximum absolute atomic E-state index is 6.18. The van der Waals surface area contributed by atoms with Crippen LogP contribution in [0.4, 0.5) is 11.5 Å². The average molecular weight is 461 g/mol. The Bertz CT molecular complexity index is 935. The number of hydrogen-bond donors (Lipinski definition) is 1. The third-order valence-electron chi connectivity index (χ3n) is 3.66. The van der Waals surface area contributed by atoms with E-state index < -0.39 is 0 Å². The van der Waals surface area contributed by atoms with Crippen molar-refractivity contribution in [2.45, 2.75) is 13.0 Å². The monoisotopic (exact) mass is 459 g/mol. The summed E-state index contributed by atoms with van der Waals surface area (Å²) in [4.78, 5) is 13.0. The van der Waals surface area contributed by atoms with Gasteiger partial charge in [0.25, 0.3) is 0 Å². The maximum Gasteiger partial charge on any atom is 0.226 e. The summed E-state index contributed by atoms with van der Waals surface area (Å²) in [6.07, 6.45) is 2.56. The number of methoxy groups -OCH3 is 2. The molecule has 0 radical (unpaired) electrons. The molecule has 3 aromatic rings. The van der Waals surface area contributed by atoms with Crippen LogP contribution in [0.25, 0.3) is 11.2 Å². The van der Waals surface area contributed by atoms with Crippen LogP contribution in [0.15, 0.2) is 22.9 Å². The molecule has 0 aliphatic heterocycles. The minimum atomic E-state index is 0.133. The van der Waals surface area contributed by atoms with E-state index >= 15 is 0 Å². The summed E-state index contributed by atoms with van der Waals surface area (Å²) >= 11 is 15.7. The molecule has 0 bridgehead atoms. The van der Waals surface area contributed by atoms with Gasteiger partial charge >= 0.3 is 0 Å². The summed E-state index contributed by atoms with van der Waals surface area (Å²) in [5.41, 5.74) is 2.00. The number of aromatic nitrogens is 4. The highest BCUT2D eigenvalue weighted by Crippen LogP contribution is 2.36. The molecule has 0 atom stereocenters. The number of halogens is 3. The topological polar surface area (TPSA) is 74.1 Å². The minimum Gasteiger partial charge on any atom is -0.495 e. The molecule has 0 saturated heterocycles. The van der Waals surface area contributed by atoms with Gasteiger partial charge in [0.15, 0.2) is 17.0 Å². The van der Waals surface area contributed by atoms with E-state index in [1.807, 2.05) is 10.6 Å². The average Bonchev–Trinajstić information content (AvgIpc) is 3.01. The van der Waals surface area contributed by atoms with E-state index in [4.69, 9.17) is 32.7 Å². The largest absolute Gasteiger partial charge is 0.495 e. The number of ether oxygens (including phenoxy) is 2. The zero-order valence-corrected chi connectivity index (χ0v) is 17.2. The highest BCUT2D eigenvalue weighted by atomic mass is 79.9. The summed E-state index contributed by atoms with van der Waals surface area (Å²) in [5.74, 6) is 1.03. The number of nitrogens with zero attached hydrogens (tertiary/aromatic N) is 4. The molecule has 2 aromatic heterocycles. The van der Waals surface area contributed by atoms with E-state index in [1.54, 1.807) is 26.6 Å². The number of nitrogens with one attached hydrogen (secondary N) is 1. The van der Waals surface area contributed by atoms with Gasteiger partial charge in [-0.1, -0.05) is 11.6 Å².